The van der Waals surface area contributed by atoms with Gasteiger partial charge in [0.25, 0.3) is 0 Å². The van der Waals surface area contributed by atoms with Crippen molar-refractivity contribution in [1.29, 1.82) is 0 Å². The van der Waals surface area contributed by atoms with E-state index in [4.69, 9.17) is 0 Å². The van der Waals surface area contributed by atoms with Crippen molar-refractivity contribution in [2.24, 2.45) is 0 Å². The summed E-state index contributed by atoms with van der Waals surface area (Å²) in [5, 5.41) is 9.40. The molecule has 0 saturated carbocycles. The van der Waals surface area contributed by atoms with Crippen molar-refractivity contribution in [1.82, 2.24) is 0 Å². The summed E-state index contributed by atoms with van der Waals surface area (Å²) < 4.78 is 0. The molecule has 3 aromatic rings. The van der Waals surface area contributed by atoms with Crippen LogP contribution in [0.3, 0.4) is 0 Å². The number of rotatable bonds is 2. The zero-order chi connectivity index (χ0) is 20.0. The number of nitrogens with one attached hydrogen (secondary N) is 2. The molecule has 0 saturated heterocycles. The Hall–Kier alpha value is -2.85. The molecule has 1 aliphatic heterocycles. The fourth-order valence-corrected chi connectivity index (χ4v) is 5.35. The van der Waals surface area contributed by atoms with Gasteiger partial charge in [0.1, 0.15) is 0 Å². The van der Waals surface area contributed by atoms with Crippen molar-refractivity contribution in [3.63, 3.8) is 0 Å². The quantitative estimate of drug-likeness (QED) is 0.527. The van der Waals surface area contributed by atoms with Crippen molar-refractivity contribution in [3.05, 3.63) is 92.8 Å². The third-order valence-corrected chi connectivity index (χ3v) is 7.04. The second-order valence-electron chi connectivity index (χ2n) is 8.04. The molecule has 1 aliphatic carbocycles. The molecule has 0 fully saturated rings. The highest BCUT2D eigenvalue weighted by atomic mass is 32.1. The highest BCUT2D eigenvalue weighted by Gasteiger charge is 2.36. The van der Waals surface area contributed by atoms with Gasteiger partial charge in [-0.25, -0.2) is 0 Å². The van der Waals surface area contributed by atoms with E-state index in [9.17, 15) is 4.79 Å². The van der Waals surface area contributed by atoms with Crippen molar-refractivity contribution in [3.8, 4) is 0 Å². The van der Waals surface area contributed by atoms with E-state index in [0.29, 0.717) is 6.42 Å². The Morgan fingerprint density at radius 1 is 0.966 bits per heavy atom. The zero-order valence-electron chi connectivity index (χ0n) is 16.7. The minimum Gasteiger partial charge on any atom is -0.372 e. The molecule has 2 N–H and O–H groups in total. The van der Waals surface area contributed by atoms with E-state index in [1.54, 1.807) is 11.3 Å². The molecule has 0 bridgehead atoms. The van der Waals surface area contributed by atoms with E-state index in [1.807, 2.05) is 12.1 Å². The minimum absolute atomic E-state index is 0.141. The molecule has 2 aliphatic rings. The molecule has 0 radical (unpaired) electrons. The fourth-order valence-electron chi connectivity index (χ4n) is 4.52. The fraction of sp³-hybridized carbons (Fsp3) is 0.240. The first-order valence-corrected chi connectivity index (χ1v) is 11.0. The van der Waals surface area contributed by atoms with Crippen molar-refractivity contribution in [2.75, 3.05) is 10.6 Å². The number of benzene rings is 2. The van der Waals surface area contributed by atoms with Crippen molar-refractivity contribution in [2.45, 2.75) is 38.6 Å². The largest absolute Gasteiger partial charge is 0.372 e. The monoisotopic (exact) mass is 400 g/mol. The van der Waals surface area contributed by atoms with E-state index < -0.39 is 0 Å². The van der Waals surface area contributed by atoms with Crippen LogP contribution in [0.15, 0.2) is 71.2 Å². The standard InChI is InChI=1S/C25H24N2OS/c1-15-9-10-16(2)18(12-15)25-24-21(26-19-6-3-4-7-20(19)27-25)13-17(14-22(24)28)23-8-5-11-29-23/h3-12,17,25-27H,13-14H2,1-2H3/t17-,25-/m1/s1. The first-order chi connectivity index (χ1) is 14.1. The van der Waals surface area contributed by atoms with Crippen LogP contribution in [0.1, 0.15) is 46.4 Å². The van der Waals surface area contributed by atoms with Gasteiger partial charge in [0.15, 0.2) is 5.78 Å². The Balaban J connectivity index is 1.66. The normalized spacial score (nSPS) is 21.0. The SMILES string of the molecule is Cc1ccc(C)c([C@H]2Nc3ccccc3NC3=C2C(=O)C[C@H](c2cccs2)C3)c1. The van der Waals surface area contributed by atoms with Crippen LogP contribution in [0, 0.1) is 13.8 Å². The molecule has 0 amide bonds. The molecule has 0 unspecified atom stereocenters. The van der Waals surface area contributed by atoms with E-state index in [1.165, 1.54) is 21.6 Å². The average molecular weight is 401 g/mol. The molecule has 3 nitrogen and oxygen atoms in total. The molecule has 5 rings (SSSR count). The average Bonchev–Trinajstić information content (AvgIpc) is 3.19. The smallest absolute Gasteiger partial charge is 0.163 e. The topological polar surface area (TPSA) is 41.1 Å². The summed E-state index contributed by atoms with van der Waals surface area (Å²) in [6.45, 7) is 4.24. The van der Waals surface area contributed by atoms with Crippen LogP contribution >= 0.6 is 11.3 Å². The molecule has 29 heavy (non-hydrogen) atoms. The Morgan fingerprint density at radius 3 is 2.59 bits per heavy atom. The number of anilines is 2. The van der Waals surface area contributed by atoms with E-state index >= 15 is 0 Å². The van der Waals surface area contributed by atoms with Gasteiger partial charge in [-0.05, 0) is 55.0 Å². The van der Waals surface area contributed by atoms with Gasteiger partial charge in [-0.2, -0.15) is 0 Å². The second-order valence-corrected chi connectivity index (χ2v) is 9.02. The predicted octanol–water partition coefficient (Wildman–Crippen LogP) is 6.34. The Kier molecular flexibility index (Phi) is 4.51. The number of ketones is 1. The van der Waals surface area contributed by atoms with Crippen LogP contribution in [0.4, 0.5) is 11.4 Å². The molecule has 1 aromatic heterocycles. The summed E-state index contributed by atoms with van der Waals surface area (Å²) in [5.74, 6) is 0.488. The van der Waals surface area contributed by atoms with Gasteiger partial charge in [0, 0.05) is 28.5 Å². The summed E-state index contributed by atoms with van der Waals surface area (Å²) >= 11 is 1.75. The molecule has 4 heteroatoms. The summed E-state index contributed by atoms with van der Waals surface area (Å²) in [6, 6.07) is 18.8. The van der Waals surface area contributed by atoms with Gasteiger partial charge < -0.3 is 10.6 Å². The van der Waals surface area contributed by atoms with Gasteiger partial charge in [-0.1, -0.05) is 42.0 Å². The summed E-state index contributed by atoms with van der Waals surface area (Å²) in [5.41, 5.74) is 7.61. The number of Topliss-reactive ketones (excluding diaryl/α,β-unsaturated/α-hetero) is 1. The van der Waals surface area contributed by atoms with Crippen LogP contribution in [-0.2, 0) is 4.79 Å². The van der Waals surface area contributed by atoms with E-state index in [-0.39, 0.29) is 17.7 Å². The van der Waals surface area contributed by atoms with Gasteiger partial charge in [-0.15, -0.1) is 11.3 Å². The molecule has 2 atom stereocenters. The van der Waals surface area contributed by atoms with Gasteiger partial charge in [0.05, 0.1) is 17.4 Å². The van der Waals surface area contributed by atoms with Gasteiger partial charge in [-0.3, -0.25) is 4.79 Å². The third kappa shape index (κ3) is 3.28. The van der Waals surface area contributed by atoms with E-state index in [0.717, 1.165) is 29.1 Å². The lowest BCUT2D eigenvalue weighted by Crippen LogP contribution is -2.27. The van der Waals surface area contributed by atoms with Crippen LogP contribution in [0.5, 0.6) is 0 Å². The van der Waals surface area contributed by atoms with Crippen LogP contribution < -0.4 is 10.6 Å². The molecule has 0 spiro atoms. The van der Waals surface area contributed by atoms with Gasteiger partial charge >= 0.3 is 0 Å². The summed E-state index contributed by atoms with van der Waals surface area (Å²) in [4.78, 5) is 14.8. The summed E-state index contributed by atoms with van der Waals surface area (Å²) in [6.07, 6.45) is 1.43. The number of aryl methyl sites for hydroxylation is 2. The maximum Gasteiger partial charge on any atom is 0.163 e. The maximum absolute atomic E-state index is 13.5. The van der Waals surface area contributed by atoms with Crippen LogP contribution in [0.25, 0.3) is 0 Å². The number of carbonyl (C=O) groups is 1. The van der Waals surface area contributed by atoms with Crippen LogP contribution in [-0.4, -0.2) is 5.78 Å². The van der Waals surface area contributed by atoms with Crippen molar-refractivity contribution >= 4 is 28.5 Å². The minimum atomic E-state index is -0.141. The number of thiophene rings is 1. The first kappa shape index (κ1) is 18.2. The third-order valence-electron chi connectivity index (χ3n) is 6.00. The second kappa shape index (κ2) is 7.20. The zero-order valence-corrected chi connectivity index (χ0v) is 17.5. The Bertz CT molecular complexity index is 1110. The van der Waals surface area contributed by atoms with Gasteiger partial charge in [0.2, 0.25) is 0 Å². The number of hydrogen-bond donors (Lipinski definition) is 2. The Morgan fingerprint density at radius 2 is 1.79 bits per heavy atom. The Labute approximate surface area is 175 Å². The molecule has 146 valence electrons. The summed E-state index contributed by atoms with van der Waals surface area (Å²) in [7, 11) is 0. The predicted molar refractivity (Wildman–Crippen MR) is 121 cm³/mol. The lowest BCUT2D eigenvalue weighted by Gasteiger charge is -2.30. The number of carbonyl (C=O) groups excluding carboxylic acids is 1. The molecular weight excluding hydrogens is 376 g/mol. The lowest BCUT2D eigenvalue weighted by molar-refractivity contribution is -0.116. The number of allylic oxidation sites excluding steroid dienone is 1. The first-order valence-electron chi connectivity index (χ1n) is 10.1. The van der Waals surface area contributed by atoms with Crippen molar-refractivity contribution < 1.29 is 4.79 Å². The maximum atomic E-state index is 13.5. The highest BCUT2D eigenvalue weighted by Crippen LogP contribution is 2.45. The van der Waals surface area contributed by atoms with Crippen LogP contribution in [0.2, 0.25) is 0 Å². The number of para-hydroxylation sites is 2. The molecule has 2 aromatic carbocycles. The van der Waals surface area contributed by atoms with E-state index in [2.05, 4.69) is 72.3 Å². The number of fused-ring (bicyclic) bond motifs is 1. The molecule has 2 heterocycles. The lowest BCUT2D eigenvalue weighted by atomic mass is 9.80. The number of hydrogen-bond acceptors (Lipinski definition) is 4. The highest BCUT2D eigenvalue weighted by molar-refractivity contribution is 7.10. The molecular formula is C25H24N2OS.